The molecule has 0 radical (unpaired) electrons. The molecule has 19 heavy (non-hydrogen) atoms. The van der Waals surface area contributed by atoms with Gasteiger partial charge in [-0.25, -0.2) is 4.79 Å². The normalized spacial score (nSPS) is 18.5. The summed E-state index contributed by atoms with van der Waals surface area (Å²) in [4.78, 5) is 14.1. The Bertz CT molecular complexity index is 480. The van der Waals surface area contributed by atoms with E-state index in [0.29, 0.717) is 6.04 Å². The van der Waals surface area contributed by atoms with Gasteiger partial charge in [0.15, 0.2) is 0 Å². The highest BCUT2D eigenvalue weighted by molar-refractivity contribution is 5.90. The monoisotopic (exact) mass is 259 g/mol. The van der Waals surface area contributed by atoms with Crippen molar-refractivity contribution in [1.82, 2.24) is 5.32 Å². The molecule has 2 amide bonds. The Kier molecular flexibility index (Phi) is 3.32. The van der Waals surface area contributed by atoms with Crippen LogP contribution in [0.4, 0.5) is 16.2 Å². The molecule has 3 rings (SSSR count). The zero-order valence-corrected chi connectivity index (χ0v) is 11.4. The standard InChI is InChI=1S/C15H21N3O/c1-18-9-8-11-10-13(6-7-14(11)18)17-15(19)16-12-4-2-3-5-12/h6-7,10,12H,2-5,8-9H2,1H3,(H2,16,17,19). The van der Waals surface area contributed by atoms with Crippen LogP contribution in [0, 0.1) is 0 Å². The van der Waals surface area contributed by atoms with E-state index in [4.69, 9.17) is 0 Å². The smallest absolute Gasteiger partial charge is 0.319 e. The molecule has 0 atom stereocenters. The number of anilines is 2. The topological polar surface area (TPSA) is 44.4 Å². The summed E-state index contributed by atoms with van der Waals surface area (Å²) < 4.78 is 0. The SMILES string of the molecule is CN1CCc2cc(NC(=O)NC3CCCC3)ccc21. The number of amides is 2. The van der Waals surface area contributed by atoms with Crippen molar-refractivity contribution in [2.45, 2.75) is 38.1 Å². The van der Waals surface area contributed by atoms with Crippen molar-refractivity contribution in [3.8, 4) is 0 Å². The van der Waals surface area contributed by atoms with E-state index in [9.17, 15) is 4.79 Å². The van der Waals surface area contributed by atoms with E-state index < -0.39 is 0 Å². The second-order valence-electron chi connectivity index (χ2n) is 5.59. The fraction of sp³-hybridized carbons (Fsp3) is 0.533. The van der Waals surface area contributed by atoms with Gasteiger partial charge in [0.2, 0.25) is 0 Å². The number of urea groups is 1. The van der Waals surface area contributed by atoms with E-state index in [0.717, 1.165) is 31.5 Å². The van der Waals surface area contributed by atoms with Gasteiger partial charge in [0.1, 0.15) is 0 Å². The highest BCUT2D eigenvalue weighted by Gasteiger charge is 2.18. The summed E-state index contributed by atoms with van der Waals surface area (Å²) in [5.74, 6) is 0. The van der Waals surface area contributed by atoms with Crippen molar-refractivity contribution < 1.29 is 4.79 Å². The number of nitrogens with one attached hydrogen (secondary N) is 2. The molecule has 0 spiro atoms. The molecule has 1 aromatic carbocycles. The van der Waals surface area contributed by atoms with E-state index in [1.54, 1.807) is 0 Å². The summed E-state index contributed by atoms with van der Waals surface area (Å²) in [7, 11) is 2.10. The van der Waals surface area contributed by atoms with Crippen LogP contribution in [-0.4, -0.2) is 25.7 Å². The Hall–Kier alpha value is -1.71. The maximum absolute atomic E-state index is 11.9. The molecule has 102 valence electrons. The van der Waals surface area contributed by atoms with Crippen molar-refractivity contribution in [1.29, 1.82) is 0 Å². The van der Waals surface area contributed by atoms with Crippen LogP contribution < -0.4 is 15.5 Å². The fourth-order valence-corrected chi connectivity index (χ4v) is 3.07. The number of likely N-dealkylation sites (N-methyl/N-ethyl adjacent to an activating group) is 1. The number of rotatable bonds is 2. The quantitative estimate of drug-likeness (QED) is 0.857. The van der Waals surface area contributed by atoms with Crippen molar-refractivity contribution in [2.24, 2.45) is 0 Å². The molecule has 1 aliphatic heterocycles. The first-order chi connectivity index (χ1) is 9.22. The number of benzene rings is 1. The van der Waals surface area contributed by atoms with Gasteiger partial charge < -0.3 is 15.5 Å². The zero-order valence-electron chi connectivity index (χ0n) is 11.4. The van der Waals surface area contributed by atoms with Crippen molar-refractivity contribution >= 4 is 17.4 Å². The third-order valence-electron chi connectivity index (χ3n) is 4.16. The lowest BCUT2D eigenvalue weighted by Crippen LogP contribution is -2.36. The average molecular weight is 259 g/mol. The van der Waals surface area contributed by atoms with Gasteiger partial charge in [-0.2, -0.15) is 0 Å². The van der Waals surface area contributed by atoms with E-state index in [1.807, 2.05) is 6.07 Å². The van der Waals surface area contributed by atoms with Gasteiger partial charge in [-0.3, -0.25) is 0 Å². The molecule has 1 fully saturated rings. The first kappa shape index (κ1) is 12.3. The van der Waals surface area contributed by atoms with Gasteiger partial charge in [-0.1, -0.05) is 12.8 Å². The Morgan fingerprint density at radius 2 is 2.11 bits per heavy atom. The summed E-state index contributed by atoms with van der Waals surface area (Å²) in [5, 5.41) is 5.99. The van der Waals surface area contributed by atoms with Gasteiger partial charge in [0.05, 0.1) is 0 Å². The summed E-state index contributed by atoms with van der Waals surface area (Å²) in [6, 6.07) is 6.45. The number of hydrogen-bond acceptors (Lipinski definition) is 2. The first-order valence-electron chi connectivity index (χ1n) is 7.14. The second-order valence-corrected chi connectivity index (χ2v) is 5.59. The molecule has 2 N–H and O–H groups in total. The Morgan fingerprint density at radius 1 is 1.32 bits per heavy atom. The minimum absolute atomic E-state index is 0.0711. The largest absolute Gasteiger partial charge is 0.374 e. The van der Waals surface area contributed by atoms with Gasteiger partial charge in [-0.15, -0.1) is 0 Å². The maximum Gasteiger partial charge on any atom is 0.319 e. The van der Waals surface area contributed by atoms with E-state index in [1.165, 1.54) is 24.1 Å². The van der Waals surface area contributed by atoms with E-state index in [-0.39, 0.29) is 6.03 Å². The lowest BCUT2D eigenvalue weighted by molar-refractivity contribution is 0.248. The Morgan fingerprint density at radius 3 is 2.89 bits per heavy atom. The third kappa shape index (κ3) is 2.67. The van der Waals surface area contributed by atoms with Crippen LogP contribution in [0.5, 0.6) is 0 Å². The molecule has 1 aromatic rings. The minimum Gasteiger partial charge on any atom is -0.374 e. The number of hydrogen-bond donors (Lipinski definition) is 2. The molecule has 2 aliphatic rings. The molecule has 0 aromatic heterocycles. The number of carbonyl (C=O) groups is 1. The average Bonchev–Trinajstić information content (AvgIpc) is 3.00. The van der Waals surface area contributed by atoms with Crippen LogP contribution in [0.3, 0.4) is 0 Å². The highest BCUT2D eigenvalue weighted by atomic mass is 16.2. The van der Waals surface area contributed by atoms with Crippen LogP contribution in [0.1, 0.15) is 31.2 Å². The molecular formula is C15H21N3O. The molecule has 0 saturated heterocycles. The number of nitrogens with zero attached hydrogens (tertiary/aromatic N) is 1. The lowest BCUT2D eigenvalue weighted by atomic mass is 10.1. The molecule has 1 saturated carbocycles. The zero-order chi connectivity index (χ0) is 13.2. The molecule has 0 unspecified atom stereocenters. The van der Waals surface area contributed by atoms with Crippen molar-refractivity contribution in [3.05, 3.63) is 23.8 Å². The van der Waals surface area contributed by atoms with Gasteiger partial charge in [0, 0.05) is 31.0 Å². The van der Waals surface area contributed by atoms with Crippen LogP contribution in [0.15, 0.2) is 18.2 Å². The van der Waals surface area contributed by atoms with Crippen molar-refractivity contribution in [2.75, 3.05) is 23.8 Å². The number of fused-ring (bicyclic) bond motifs is 1. The minimum atomic E-state index is -0.0711. The number of carbonyl (C=O) groups excluding carboxylic acids is 1. The highest BCUT2D eigenvalue weighted by Crippen LogP contribution is 2.29. The third-order valence-corrected chi connectivity index (χ3v) is 4.16. The summed E-state index contributed by atoms with van der Waals surface area (Å²) in [5.41, 5.74) is 3.49. The van der Waals surface area contributed by atoms with E-state index in [2.05, 4.69) is 34.7 Å². The van der Waals surface area contributed by atoms with Gasteiger partial charge in [0.25, 0.3) is 0 Å². The molecule has 0 bridgehead atoms. The Balaban J connectivity index is 1.62. The predicted octanol–water partition coefficient (Wildman–Crippen LogP) is 2.74. The second kappa shape index (κ2) is 5.11. The molecule has 4 nitrogen and oxygen atoms in total. The van der Waals surface area contributed by atoms with Crippen LogP contribution >= 0.6 is 0 Å². The van der Waals surface area contributed by atoms with Crippen LogP contribution in [0.2, 0.25) is 0 Å². The molecular weight excluding hydrogens is 238 g/mol. The Labute approximate surface area is 114 Å². The van der Waals surface area contributed by atoms with Gasteiger partial charge in [-0.05, 0) is 43.0 Å². The molecule has 4 heteroatoms. The lowest BCUT2D eigenvalue weighted by Gasteiger charge is -2.14. The maximum atomic E-state index is 11.9. The van der Waals surface area contributed by atoms with Crippen LogP contribution in [-0.2, 0) is 6.42 Å². The summed E-state index contributed by atoms with van der Waals surface area (Å²) in [6.07, 6.45) is 5.75. The first-order valence-corrected chi connectivity index (χ1v) is 7.14. The molecule has 1 heterocycles. The fourth-order valence-electron chi connectivity index (χ4n) is 3.07. The van der Waals surface area contributed by atoms with E-state index >= 15 is 0 Å². The summed E-state index contributed by atoms with van der Waals surface area (Å²) in [6.45, 7) is 1.06. The van der Waals surface area contributed by atoms with Crippen molar-refractivity contribution in [3.63, 3.8) is 0 Å². The van der Waals surface area contributed by atoms with Gasteiger partial charge >= 0.3 is 6.03 Å². The summed E-state index contributed by atoms with van der Waals surface area (Å²) >= 11 is 0. The predicted molar refractivity (Wildman–Crippen MR) is 77.8 cm³/mol. The van der Waals surface area contributed by atoms with Crippen LogP contribution in [0.25, 0.3) is 0 Å². The molecule has 1 aliphatic carbocycles.